The standard InChI is InChI=1S/C16H32N2S/c1-5-19-11-13(4)17-16-14-7-6-8-15(16)10-18(9-14)12(2)3/h12-17H,5-11H2,1-4H3. The summed E-state index contributed by atoms with van der Waals surface area (Å²) in [5.74, 6) is 4.29. The van der Waals surface area contributed by atoms with Crippen LogP contribution in [0.3, 0.4) is 0 Å². The van der Waals surface area contributed by atoms with Crippen molar-refractivity contribution in [2.24, 2.45) is 11.8 Å². The maximum absolute atomic E-state index is 3.97. The minimum atomic E-state index is 0.670. The van der Waals surface area contributed by atoms with Gasteiger partial charge in [-0.05, 0) is 51.2 Å². The van der Waals surface area contributed by atoms with Crippen LogP contribution in [0, 0.1) is 11.8 Å². The van der Waals surface area contributed by atoms with Crippen LogP contribution in [0.4, 0.5) is 0 Å². The number of hydrogen-bond donors (Lipinski definition) is 1. The van der Waals surface area contributed by atoms with Gasteiger partial charge in [0.05, 0.1) is 0 Å². The van der Waals surface area contributed by atoms with Gasteiger partial charge in [-0.3, -0.25) is 0 Å². The largest absolute Gasteiger partial charge is 0.310 e. The van der Waals surface area contributed by atoms with Crippen LogP contribution < -0.4 is 5.32 Å². The fourth-order valence-corrected chi connectivity index (χ4v) is 4.52. The van der Waals surface area contributed by atoms with Crippen molar-refractivity contribution in [1.29, 1.82) is 0 Å². The molecule has 2 rings (SSSR count). The molecule has 0 radical (unpaired) electrons. The lowest BCUT2D eigenvalue weighted by Crippen LogP contribution is -2.59. The average Bonchev–Trinajstić information content (AvgIpc) is 2.35. The lowest BCUT2D eigenvalue weighted by Gasteiger charge is -2.49. The van der Waals surface area contributed by atoms with Gasteiger partial charge in [-0.25, -0.2) is 0 Å². The molecule has 3 atom stereocenters. The second-order valence-electron chi connectivity index (χ2n) is 6.75. The van der Waals surface area contributed by atoms with E-state index in [2.05, 4.69) is 49.7 Å². The number of nitrogens with one attached hydrogen (secondary N) is 1. The van der Waals surface area contributed by atoms with E-state index >= 15 is 0 Å². The van der Waals surface area contributed by atoms with Crippen LogP contribution in [-0.4, -0.2) is 47.6 Å². The summed E-state index contributed by atoms with van der Waals surface area (Å²) in [5.41, 5.74) is 0. The number of thioether (sulfide) groups is 1. The highest BCUT2D eigenvalue weighted by Crippen LogP contribution is 2.36. The lowest BCUT2D eigenvalue weighted by molar-refractivity contribution is 0.0268. The van der Waals surface area contributed by atoms with Crippen LogP contribution in [-0.2, 0) is 0 Å². The van der Waals surface area contributed by atoms with Crippen molar-refractivity contribution in [3.63, 3.8) is 0 Å². The molecule has 1 saturated heterocycles. The van der Waals surface area contributed by atoms with Gasteiger partial charge in [0.25, 0.3) is 0 Å². The zero-order valence-electron chi connectivity index (χ0n) is 13.2. The molecule has 2 bridgehead atoms. The highest BCUT2D eigenvalue weighted by atomic mass is 32.2. The van der Waals surface area contributed by atoms with Crippen molar-refractivity contribution in [2.75, 3.05) is 24.6 Å². The Hall–Kier alpha value is 0.270. The second-order valence-corrected chi connectivity index (χ2v) is 8.07. The molecule has 1 aliphatic heterocycles. The number of piperidine rings is 1. The molecule has 19 heavy (non-hydrogen) atoms. The summed E-state index contributed by atoms with van der Waals surface area (Å²) in [6.45, 7) is 12.0. The average molecular weight is 285 g/mol. The predicted octanol–water partition coefficient (Wildman–Crippen LogP) is 3.23. The Bertz CT molecular complexity index is 255. The molecule has 1 N–H and O–H groups in total. The fourth-order valence-electron chi connectivity index (χ4n) is 3.84. The van der Waals surface area contributed by atoms with Crippen LogP contribution in [0.25, 0.3) is 0 Å². The zero-order valence-corrected chi connectivity index (χ0v) is 14.0. The molecular weight excluding hydrogens is 252 g/mol. The van der Waals surface area contributed by atoms with Crippen LogP contribution in [0.2, 0.25) is 0 Å². The third kappa shape index (κ3) is 4.12. The van der Waals surface area contributed by atoms with Gasteiger partial charge in [-0.1, -0.05) is 13.3 Å². The number of likely N-dealkylation sites (tertiary alicyclic amines) is 1. The Balaban J connectivity index is 1.90. The first-order valence-corrected chi connectivity index (χ1v) is 9.35. The van der Waals surface area contributed by atoms with Crippen molar-refractivity contribution in [2.45, 2.75) is 65.1 Å². The van der Waals surface area contributed by atoms with Gasteiger partial charge in [-0.2, -0.15) is 11.8 Å². The molecule has 2 fully saturated rings. The van der Waals surface area contributed by atoms with E-state index in [1.807, 2.05) is 0 Å². The maximum Gasteiger partial charge on any atom is 0.0151 e. The number of hydrogen-bond acceptors (Lipinski definition) is 3. The molecule has 1 aliphatic carbocycles. The third-order valence-corrected chi connectivity index (χ3v) is 6.03. The molecule has 112 valence electrons. The van der Waals surface area contributed by atoms with Crippen molar-refractivity contribution < 1.29 is 0 Å². The van der Waals surface area contributed by atoms with E-state index in [9.17, 15) is 0 Å². The summed E-state index contributed by atoms with van der Waals surface area (Å²) in [6, 6.07) is 2.18. The summed E-state index contributed by atoms with van der Waals surface area (Å²) >= 11 is 2.07. The first-order valence-electron chi connectivity index (χ1n) is 8.19. The summed E-state index contributed by atoms with van der Waals surface area (Å²) in [4.78, 5) is 2.71. The Kier molecular flexibility index (Phi) is 6.04. The van der Waals surface area contributed by atoms with Gasteiger partial charge >= 0.3 is 0 Å². The lowest BCUT2D eigenvalue weighted by atomic mass is 9.73. The molecule has 0 spiro atoms. The van der Waals surface area contributed by atoms with Gasteiger partial charge in [0, 0.05) is 37.0 Å². The minimum Gasteiger partial charge on any atom is -0.310 e. The molecule has 0 aromatic rings. The van der Waals surface area contributed by atoms with E-state index in [0.29, 0.717) is 6.04 Å². The molecule has 0 aromatic carbocycles. The fraction of sp³-hybridized carbons (Fsp3) is 1.00. The predicted molar refractivity (Wildman–Crippen MR) is 86.9 cm³/mol. The second kappa shape index (κ2) is 7.33. The van der Waals surface area contributed by atoms with E-state index in [1.54, 1.807) is 0 Å². The third-order valence-electron chi connectivity index (χ3n) is 4.88. The summed E-state index contributed by atoms with van der Waals surface area (Å²) < 4.78 is 0. The van der Waals surface area contributed by atoms with E-state index in [0.717, 1.165) is 23.9 Å². The molecule has 1 saturated carbocycles. The van der Waals surface area contributed by atoms with E-state index in [4.69, 9.17) is 0 Å². The first kappa shape index (κ1) is 15.7. The van der Waals surface area contributed by atoms with E-state index in [-0.39, 0.29) is 0 Å². The molecule has 0 amide bonds. The maximum atomic E-state index is 3.97. The number of rotatable bonds is 6. The van der Waals surface area contributed by atoms with Crippen LogP contribution in [0.5, 0.6) is 0 Å². The highest BCUT2D eigenvalue weighted by molar-refractivity contribution is 7.99. The number of nitrogens with zero attached hydrogens (tertiary/aromatic N) is 1. The van der Waals surface area contributed by atoms with E-state index in [1.165, 1.54) is 43.9 Å². The quantitative estimate of drug-likeness (QED) is 0.806. The summed E-state index contributed by atoms with van der Waals surface area (Å²) in [6.07, 6.45) is 4.33. The van der Waals surface area contributed by atoms with Crippen molar-refractivity contribution >= 4 is 11.8 Å². The molecule has 0 aromatic heterocycles. The van der Waals surface area contributed by atoms with E-state index < -0.39 is 0 Å². The molecule has 2 aliphatic rings. The first-order chi connectivity index (χ1) is 9.11. The topological polar surface area (TPSA) is 15.3 Å². The SMILES string of the molecule is CCSCC(C)NC1C2CCCC1CN(C(C)C)C2. The Morgan fingerprint density at radius 2 is 1.79 bits per heavy atom. The Morgan fingerprint density at radius 1 is 1.16 bits per heavy atom. The Labute approximate surface area is 124 Å². The monoisotopic (exact) mass is 284 g/mol. The Morgan fingerprint density at radius 3 is 2.32 bits per heavy atom. The van der Waals surface area contributed by atoms with Crippen LogP contribution in [0.15, 0.2) is 0 Å². The summed E-state index contributed by atoms with van der Waals surface area (Å²) in [5, 5.41) is 3.97. The molecule has 1 heterocycles. The van der Waals surface area contributed by atoms with Crippen LogP contribution >= 0.6 is 11.8 Å². The van der Waals surface area contributed by atoms with Gasteiger partial charge in [-0.15, -0.1) is 0 Å². The van der Waals surface area contributed by atoms with Crippen LogP contribution in [0.1, 0.15) is 47.0 Å². The molecule has 2 nitrogen and oxygen atoms in total. The van der Waals surface area contributed by atoms with Gasteiger partial charge in [0.15, 0.2) is 0 Å². The van der Waals surface area contributed by atoms with Gasteiger partial charge in [0.1, 0.15) is 0 Å². The molecular formula is C16H32N2S. The summed E-state index contributed by atoms with van der Waals surface area (Å²) in [7, 11) is 0. The highest BCUT2D eigenvalue weighted by Gasteiger charge is 2.40. The van der Waals surface area contributed by atoms with Crippen molar-refractivity contribution in [3.05, 3.63) is 0 Å². The number of fused-ring (bicyclic) bond motifs is 2. The minimum absolute atomic E-state index is 0.670. The zero-order chi connectivity index (χ0) is 13.8. The molecule has 3 heteroatoms. The van der Waals surface area contributed by atoms with Crippen molar-refractivity contribution in [3.8, 4) is 0 Å². The van der Waals surface area contributed by atoms with Gasteiger partial charge in [0.2, 0.25) is 0 Å². The molecule has 3 unspecified atom stereocenters. The normalized spacial score (nSPS) is 33.6. The van der Waals surface area contributed by atoms with Crippen molar-refractivity contribution in [1.82, 2.24) is 10.2 Å². The smallest absolute Gasteiger partial charge is 0.0151 e. The van der Waals surface area contributed by atoms with Gasteiger partial charge < -0.3 is 10.2 Å².